The minimum atomic E-state index is -0.589. The number of nitro groups is 1. The number of aromatic nitrogens is 2. The van der Waals surface area contributed by atoms with Gasteiger partial charge in [0.25, 0.3) is 0 Å². The molecule has 1 atom stereocenters. The minimum Gasteiger partial charge on any atom is -0.447 e. The highest BCUT2D eigenvalue weighted by molar-refractivity contribution is 5.69. The zero-order chi connectivity index (χ0) is 10.1. The molecule has 2 N–H and O–H groups in total. The molecule has 0 saturated carbocycles. The molecule has 1 aromatic heterocycles. The van der Waals surface area contributed by atoms with E-state index in [1.807, 2.05) is 0 Å². The maximum Gasteiger partial charge on any atom is 0.407 e. The van der Waals surface area contributed by atoms with E-state index in [9.17, 15) is 14.9 Å². The number of hydrogen-bond acceptors (Lipinski definition) is 5. The zero-order valence-corrected chi connectivity index (χ0v) is 6.89. The van der Waals surface area contributed by atoms with Crippen molar-refractivity contribution >= 4 is 11.9 Å². The van der Waals surface area contributed by atoms with Crippen molar-refractivity contribution in [3.8, 4) is 0 Å². The molecule has 0 spiro atoms. The minimum absolute atomic E-state index is 0.140. The average Bonchev–Trinajstić information content (AvgIpc) is 2.70. The van der Waals surface area contributed by atoms with E-state index in [1.165, 1.54) is 6.07 Å². The van der Waals surface area contributed by atoms with E-state index in [0.29, 0.717) is 5.69 Å². The van der Waals surface area contributed by atoms with E-state index in [-0.39, 0.29) is 12.4 Å². The SMILES string of the molecule is O=C1NC(c2cc([N+](=O)[O-])[nH]n2)CO1. The largest absolute Gasteiger partial charge is 0.447 e. The van der Waals surface area contributed by atoms with Gasteiger partial charge in [0.05, 0.1) is 6.07 Å². The van der Waals surface area contributed by atoms with E-state index in [2.05, 4.69) is 20.3 Å². The molecule has 0 radical (unpaired) electrons. The van der Waals surface area contributed by atoms with Crippen LogP contribution in [0.15, 0.2) is 6.07 Å². The van der Waals surface area contributed by atoms with Crippen molar-refractivity contribution in [2.24, 2.45) is 0 Å². The molecular formula is C6H6N4O4. The summed E-state index contributed by atoms with van der Waals surface area (Å²) in [5.41, 5.74) is 0.391. The Kier molecular flexibility index (Phi) is 1.80. The number of rotatable bonds is 2. The Morgan fingerprint density at radius 3 is 3.00 bits per heavy atom. The van der Waals surface area contributed by atoms with Crippen LogP contribution >= 0.6 is 0 Å². The lowest BCUT2D eigenvalue weighted by Gasteiger charge is -1.98. The molecule has 8 nitrogen and oxygen atoms in total. The third kappa shape index (κ3) is 1.37. The lowest BCUT2D eigenvalue weighted by molar-refractivity contribution is -0.389. The third-order valence-electron chi connectivity index (χ3n) is 1.81. The van der Waals surface area contributed by atoms with Crippen molar-refractivity contribution in [3.05, 3.63) is 21.9 Å². The number of hydrogen-bond donors (Lipinski definition) is 2. The van der Waals surface area contributed by atoms with Crippen molar-refractivity contribution in [1.82, 2.24) is 15.5 Å². The Morgan fingerprint density at radius 1 is 1.71 bits per heavy atom. The summed E-state index contributed by atoms with van der Waals surface area (Å²) in [5, 5.41) is 18.7. The number of nitrogens with one attached hydrogen (secondary N) is 2. The summed E-state index contributed by atoms with van der Waals surface area (Å²) in [6.45, 7) is 0.140. The van der Waals surface area contributed by atoms with Crippen LogP contribution in [0.4, 0.5) is 10.6 Å². The molecule has 1 fully saturated rings. The first-order valence-electron chi connectivity index (χ1n) is 3.80. The fourth-order valence-corrected chi connectivity index (χ4v) is 1.14. The molecule has 1 amide bonds. The maximum atomic E-state index is 10.7. The fraction of sp³-hybridized carbons (Fsp3) is 0.333. The van der Waals surface area contributed by atoms with Crippen LogP contribution in [0, 0.1) is 10.1 Å². The third-order valence-corrected chi connectivity index (χ3v) is 1.81. The van der Waals surface area contributed by atoms with Crippen LogP contribution in [0.3, 0.4) is 0 Å². The number of cyclic esters (lactones) is 1. The van der Waals surface area contributed by atoms with Gasteiger partial charge >= 0.3 is 11.9 Å². The lowest BCUT2D eigenvalue weighted by Crippen LogP contribution is -2.18. The summed E-state index contributed by atoms with van der Waals surface area (Å²) in [6.07, 6.45) is -0.541. The monoisotopic (exact) mass is 198 g/mol. The number of nitrogens with zero attached hydrogens (tertiary/aromatic N) is 2. The molecule has 0 aliphatic carbocycles. The second-order valence-corrected chi connectivity index (χ2v) is 2.73. The molecule has 2 rings (SSSR count). The first-order valence-corrected chi connectivity index (χ1v) is 3.80. The van der Waals surface area contributed by atoms with Gasteiger partial charge in [0.15, 0.2) is 0 Å². The second kappa shape index (κ2) is 2.98. The smallest absolute Gasteiger partial charge is 0.407 e. The highest BCUT2D eigenvalue weighted by Crippen LogP contribution is 2.19. The van der Waals surface area contributed by atoms with Crippen molar-refractivity contribution < 1.29 is 14.5 Å². The number of carbonyl (C=O) groups excluding carboxylic acids is 1. The van der Waals surface area contributed by atoms with Crippen LogP contribution in [0.1, 0.15) is 11.7 Å². The Balaban J connectivity index is 2.17. The summed E-state index contributed by atoms with van der Waals surface area (Å²) in [6, 6.07) is 0.854. The first kappa shape index (κ1) is 8.48. The van der Waals surface area contributed by atoms with Gasteiger partial charge in [-0.3, -0.25) is 0 Å². The number of amides is 1. The molecule has 0 bridgehead atoms. The average molecular weight is 198 g/mol. The molecule has 1 unspecified atom stereocenters. The molecule has 74 valence electrons. The standard InChI is InChI=1S/C6H6N4O4/c11-6-7-4(2-14-6)3-1-5(9-8-3)10(12)13/h1,4H,2H2,(H,7,11)(H,8,9). The van der Waals surface area contributed by atoms with Gasteiger partial charge in [-0.1, -0.05) is 5.10 Å². The molecular weight excluding hydrogens is 192 g/mol. The van der Waals surface area contributed by atoms with Gasteiger partial charge in [-0.15, -0.1) is 5.10 Å². The number of ether oxygens (including phenoxy) is 1. The summed E-state index contributed by atoms with van der Waals surface area (Å²) in [7, 11) is 0. The van der Waals surface area contributed by atoms with E-state index < -0.39 is 17.1 Å². The second-order valence-electron chi connectivity index (χ2n) is 2.73. The van der Waals surface area contributed by atoms with Gasteiger partial charge in [-0.2, -0.15) is 0 Å². The molecule has 1 aliphatic rings. The van der Waals surface area contributed by atoms with Crippen LogP contribution in [0.5, 0.6) is 0 Å². The number of aromatic amines is 1. The summed E-state index contributed by atoms with van der Waals surface area (Å²) in [4.78, 5) is 20.4. The van der Waals surface area contributed by atoms with E-state index in [0.717, 1.165) is 0 Å². The van der Waals surface area contributed by atoms with Gasteiger partial charge in [-0.25, -0.2) is 4.79 Å². The predicted molar refractivity (Wildman–Crippen MR) is 42.5 cm³/mol. The van der Waals surface area contributed by atoms with Gasteiger partial charge in [0.1, 0.15) is 18.3 Å². The predicted octanol–water partition coefficient (Wildman–Crippen LogP) is 0.0988. The Labute approximate surface area is 77.4 Å². The molecule has 2 heterocycles. The fourth-order valence-electron chi connectivity index (χ4n) is 1.14. The zero-order valence-electron chi connectivity index (χ0n) is 6.89. The van der Waals surface area contributed by atoms with Crippen LogP contribution < -0.4 is 5.32 Å². The van der Waals surface area contributed by atoms with Crippen LogP contribution in [0.2, 0.25) is 0 Å². The highest BCUT2D eigenvalue weighted by Gasteiger charge is 2.27. The molecule has 1 saturated heterocycles. The van der Waals surface area contributed by atoms with Crippen LogP contribution in [-0.2, 0) is 4.74 Å². The van der Waals surface area contributed by atoms with Gasteiger partial charge in [0.2, 0.25) is 0 Å². The first-order chi connectivity index (χ1) is 6.66. The lowest BCUT2D eigenvalue weighted by atomic mass is 10.2. The topological polar surface area (TPSA) is 110 Å². The van der Waals surface area contributed by atoms with Crippen molar-refractivity contribution in [1.29, 1.82) is 0 Å². The summed E-state index contributed by atoms with van der Waals surface area (Å²) >= 11 is 0. The summed E-state index contributed by atoms with van der Waals surface area (Å²) < 4.78 is 4.62. The van der Waals surface area contributed by atoms with Crippen molar-refractivity contribution in [2.75, 3.05) is 6.61 Å². The van der Waals surface area contributed by atoms with E-state index in [1.54, 1.807) is 0 Å². The Hall–Kier alpha value is -2.12. The van der Waals surface area contributed by atoms with Gasteiger partial charge < -0.3 is 20.2 Å². The quantitative estimate of drug-likeness (QED) is 0.517. The van der Waals surface area contributed by atoms with Crippen molar-refractivity contribution in [2.45, 2.75) is 6.04 Å². The summed E-state index contributed by atoms with van der Waals surface area (Å²) in [5.74, 6) is -0.207. The molecule has 14 heavy (non-hydrogen) atoms. The van der Waals surface area contributed by atoms with Gasteiger partial charge in [-0.05, 0) is 4.92 Å². The van der Waals surface area contributed by atoms with Crippen LogP contribution in [0.25, 0.3) is 0 Å². The maximum absolute atomic E-state index is 10.7. The van der Waals surface area contributed by atoms with Crippen molar-refractivity contribution in [3.63, 3.8) is 0 Å². The normalized spacial score (nSPS) is 20.3. The molecule has 0 aromatic carbocycles. The van der Waals surface area contributed by atoms with Crippen LogP contribution in [-0.4, -0.2) is 27.8 Å². The number of carbonyl (C=O) groups is 1. The molecule has 1 aromatic rings. The number of H-pyrrole nitrogens is 1. The Bertz CT molecular complexity index is 387. The van der Waals surface area contributed by atoms with Gasteiger partial charge in [0, 0.05) is 0 Å². The van der Waals surface area contributed by atoms with E-state index in [4.69, 9.17) is 0 Å². The Morgan fingerprint density at radius 2 is 2.50 bits per heavy atom. The number of alkyl carbamates (subject to hydrolysis) is 1. The van der Waals surface area contributed by atoms with E-state index >= 15 is 0 Å². The molecule has 1 aliphatic heterocycles. The highest BCUT2D eigenvalue weighted by atomic mass is 16.6. The molecule has 8 heteroatoms.